The summed E-state index contributed by atoms with van der Waals surface area (Å²) in [7, 11) is 0. The van der Waals surface area contributed by atoms with Gasteiger partial charge in [0.05, 0.1) is 24.3 Å². The first-order chi connectivity index (χ1) is 8.72. The lowest BCUT2D eigenvalue weighted by atomic mass is 10.4. The van der Waals surface area contributed by atoms with Crippen molar-refractivity contribution in [3.05, 3.63) is 28.1 Å². The first kappa shape index (κ1) is 12.3. The highest BCUT2D eigenvalue weighted by Gasteiger charge is 2.08. The summed E-state index contributed by atoms with van der Waals surface area (Å²) in [6.07, 6.45) is 1.62. The predicted octanol–water partition coefficient (Wildman–Crippen LogP) is 0.488. The number of carbonyl (C=O) groups is 1. The van der Waals surface area contributed by atoms with E-state index in [1.165, 1.54) is 22.2 Å². The molecule has 2 rings (SSSR count). The highest BCUT2D eigenvalue weighted by molar-refractivity contribution is 7.17. The number of hydrogen-bond acceptors (Lipinski definition) is 5. The number of nitrogens with zero attached hydrogens (tertiary/aromatic N) is 3. The zero-order chi connectivity index (χ0) is 13.0. The Labute approximate surface area is 106 Å². The zero-order valence-corrected chi connectivity index (χ0v) is 10.2. The zero-order valence-electron chi connectivity index (χ0n) is 9.42. The average Bonchev–Trinajstić information content (AvgIpc) is 2.82. The van der Waals surface area contributed by atoms with E-state index >= 15 is 0 Å². The third kappa shape index (κ3) is 2.55. The maximum Gasteiger partial charge on any atom is 0.271 e. The molecule has 0 aliphatic heterocycles. The molecular weight excluding hydrogens is 252 g/mol. The van der Waals surface area contributed by atoms with E-state index in [1.807, 2.05) is 6.07 Å². The van der Waals surface area contributed by atoms with Crippen LogP contribution >= 0.6 is 11.3 Å². The van der Waals surface area contributed by atoms with Crippen molar-refractivity contribution in [2.75, 3.05) is 6.54 Å². The monoisotopic (exact) mass is 262 g/mol. The van der Waals surface area contributed by atoms with E-state index < -0.39 is 0 Å². The van der Waals surface area contributed by atoms with Gasteiger partial charge in [-0.2, -0.15) is 5.26 Å². The van der Waals surface area contributed by atoms with Gasteiger partial charge in [0.15, 0.2) is 0 Å². The molecule has 92 valence electrons. The van der Waals surface area contributed by atoms with Gasteiger partial charge in [0.25, 0.3) is 5.56 Å². The van der Waals surface area contributed by atoms with Gasteiger partial charge in [-0.3, -0.25) is 14.2 Å². The number of nitriles is 1. The second kappa shape index (κ2) is 5.42. The van der Waals surface area contributed by atoms with Gasteiger partial charge in [-0.15, -0.1) is 11.3 Å². The van der Waals surface area contributed by atoms with Crippen LogP contribution in [0.15, 0.2) is 22.6 Å². The molecule has 0 saturated carbocycles. The Balaban J connectivity index is 2.12. The molecule has 0 aliphatic rings. The number of hydrogen-bond donors (Lipinski definition) is 1. The molecule has 2 heterocycles. The minimum absolute atomic E-state index is 0.0783. The fraction of sp³-hybridized carbons (Fsp3) is 0.273. The van der Waals surface area contributed by atoms with Crippen LogP contribution in [-0.2, 0) is 11.3 Å². The molecule has 0 bridgehead atoms. The summed E-state index contributed by atoms with van der Waals surface area (Å²) in [5, 5.41) is 12.7. The number of carbonyl (C=O) groups excluding carboxylic acids is 1. The SMILES string of the molecule is N#CCCNC(=O)Cn1cnc2ccsc2c1=O. The topological polar surface area (TPSA) is 87.8 Å². The van der Waals surface area contributed by atoms with Crippen LogP contribution in [0.25, 0.3) is 10.2 Å². The minimum atomic E-state index is -0.301. The van der Waals surface area contributed by atoms with Gasteiger partial charge in [-0.25, -0.2) is 4.98 Å². The Morgan fingerprint density at radius 1 is 1.61 bits per heavy atom. The Morgan fingerprint density at radius 3 is 3.22 bits per heavy atom. The maximum atomic E-state index is 12.0. The molecule has 1 amide bonds. The molecule has 1 N–H and O–H groups in total. The van der Waals surface area contributed by atoms with E-state index in [-0.39, 0.29) is 24.4 Å². The molecule has 0 fully saturated rings. The van der Waals surface area contributed by atoms with Crippen molar-refractivity contribution in [2.24, 2.45) is 0 Å². The number of amides is 1. The lowest BCUT2D eigenvalue weighted by molar-refractivity contribution is -0.121. The van der Waals surface area contributed by atoms with Crippen molar-refractivity contribution >= 4 is 27.5 Å². The molecule has 7 heteroatoms. The quantitative estimate of drug-likeness (QED) is 0.812. The summed E-state index contributed by atoms with van der Waals surface area (Å²) < 4.78 is 1.81. The van der Waals surface area contributed by atoms with E-state index in [4.69, 9.17) is 5.26 Å². The van der Waals surface area contributed by atoms with Crippen molar-refractivity contribution in [1.82, 2.24) is 14.9 Å². The van der Waals surface area contributed by atoms with Crippen LogP contribution in [0.3, 0.4) is 0 Å². The number of rotatable bonds is 4. The van der Waals surface area contributed by atoms with E-state index in [9.17, 15) is 9.59 Å². The van der Waals surface area contributed by atoms with Crippen LogP contribution in [0.2, 0.25) is 0 Å². The standard InChI is InChI=1S/C11H10N4O2S/c12-3-1-4-13-9(16)6-15-7-14-8-2-5-18-10(8)11(15)17/h2,5,7H,1,4,6H2,(H,13,16). The molecule has 0 unspecified atom stereocenters. The van der Waals surface area contributed by atoms with Gasteiger partial charge in [-0.1, -0.05) is 0 Å². The normalized spacial score (nSPS) is 10.2. The Hall–Kier alpha value is -2.20. The first-order valence-electron chi connectivity index (χ1n) is 5.28. The molecular formula is C11H10N4O2S. The Bertz CT molecular complexity index is 667. The largest absolute Gasteiger partial charge is 0.354 e. The van der Waals surface area contributed by atoms with Crippen molar-refractivity contribution in [3.63, 3.8) is 0 Å². The van der Waals surface area contributed by atoms with Crippen molar-refractivity contribution in [3.8, 4) is 6.07 Å². The van der Waals surface area contributed by atoms with Gasteiger partial charge in [0.1, 0.15) is 11.2 Å². The number of aromatic nitrogens is 2. The molecule has 2 aromatic rings. The summed E-state index contributed by atoms with van der Waals surface area (Å²) in [5.74, 6) is -0.301. The molecule has 2 aromatic heterocycles. The molecule has 0 radical (unpaired) electrons. The molecule has 0 atom stereocenters. The second-order valence-corrected chi connectivity index (χ2v) is 4.49. The molecule has 18 heavy (non-hydrogen) atoms. The highest BCUT2D eigenvalue weighted by atomic mass is 32.1. The summed E-state index contributed by atoms with van der Waals surface area (Å²) in [6, 6.07) is 3.69. The number of nitrogens with one attached hydrogen (secondary N) is 1. The van der Waals surface area contributed by atoms with Gasteiger partial charge in [-0.05, 0) is 11.4 Å². The summed E-state index contributed by atoms with van der Waals surface area (Å²) in [5.41, 5.74) is 0.427. The Morgan fingerprint density at radius 2 is 2.44 bits per heavy atom. The third-order valence-corrected chi connectivity index (χ3v) is 3.20. The third-order valence-electron chi connectivity index (χ3n) is 2.31. The lowest BCUT2D eigenvalue weighted by Gasteiger charge is -2.05. The van der Waals surface area contributed by atoms with E-state index in [1.54, 1.807) is 11.4 Å². The summed E-state index contributed by atoms with van der Waals surface area (Å²) in [6.45, 7) is 0.212. The van der Waals surface area contributed by atoms with Crippen LogP contribution in [0.1, 0.15) is 6.42 Å². The fourth-order valence-corrected chi connectivity index (χ4v) is 2.25. The first-order valence-corrected chi connectivity index (χ1v) is 6.16. The maximum absolute atomic E-state index is 12.0. The average molecular weight is 262 g/mol. The predicted molar refractivity (Wildman–Crippen MR) is 67.1 cm³/mol. The van der Waals surface area contributed by atoms with E-state index in [0.717, 1.165) is 0 Å². The molecule has 6 nitrogen and oxygen atoms in total. The highest BCUT2D eigenvalue weighted by Crippen LogP contribution is 2.12. The summed E-state index contributed by atoms with van der Waals surface area (Å²) in [4.78, 5) is 27.6. The van der Waals surface area contributed by atoms with Gasteiger partial charge in [0.2, 0.25) is 5.91 Å². The van der Waals surface area contributed by atoms with Crippen LogP contribution in [-0.4, -0.2) is 22.0 Å². The van der Waals surface area contributed by atoms with Crippen LogP contribution in [0, 0.1) is 11.3 Å². The number of thiophene rings is 1. The molecule has 0 saturated heterocycles. The van der Waals surface area contributed by atoms with E-state index in [2.05, 4.69) is 10.3 Å². The molecule has 0 aromatic carbocycles. The smallest absolute Gasteiger partial charge is 0.271 e. The van der Waals surface area contributed by atoms with Gasteiger partial charge in [0, 0.05) is 6.54 Å². The fourth-order valence-electron chi connectivity index (χ4n) is 1.46. The van der Waals surface area contributed by atoms with Crippen LogP contribution in [0.4, 0.5) is 0 Å². The number of fused-ring (bicyclic) bond motifs is 1. The van der Waals surface area contributed by atoms with Gasteiger partial charge < -0.3 is 5.32 Å². The Kier molecular flexibility index (Phi) is 3.69. The summed E-state index contributed by atoms with van der Waals surface area (Å²) >= 11 is 1.31. The van der Waals surface area contributed by atoms with Crippen molar-refractivity contribution < 1.29 is 4.79 Å². The van der Waals surface area contributed by atoms with Crippen molar-refractivity contribution in [2.45, 2.75) is 13.0 Å². The van der Waals surface area contributed by atoms with Gasteiger partial charge >= 0.3 is 0 Å². The van der Waals surface area contributed by atoms with E-state index in [0.29, 0.717) is 16.8 Å². The van der Waals surface area contributed by atoms with Crippen LogP contribution < -0.4 is 10.9 Å². The minimum Gasteiger partial charge on any atom is -0.354 e. The second-order valence-electron chi connectivity index (χ2n) is 3.57. The lowest BCUT2D eigenvalue weighted by Crippen LogP contribution is -2.32. The molecule has 0 aliphatic carbocycles. The van der Waals surface area contributed by atoms with Crippen molar-refractivity contribution in [1.29, 1.82) is 5.26 Å². The van der Waals surface area contributed by atoms with Crippen LogP contribution in [0.5, 0.6) is 0 Å². The molecule has 0 spiro atoms.